The molecule has 3 aromatic carbocycles. The second kappa shape index (κ2) is 8.26. The first kappa shape index (κ1) is 18.3. The van der Waals surface area contributed by atoms with Crippen LogP contribution >= 0.6 is 11.6 Å². The number of benzene rings is 3. The van der Waals surface area contributed by atoms with E-state index in [-0.39, 0.29) is 18.2 Å². The highest BCUT2D eigenvalue weighted by molar-refractivity contribution is 6.31. The Kier molecular flexibility index (Phi) is 5.60. The average Bonchev–Trinajstić information content (AvgIpc) is 2.67. The van der Waals surface area contributed by atoms with Crippen molar-refractivity contribution in [1.82, 2.24) is 5.32 Å². The third kappa shape index (κ3) is 4.78. The van der Waals surface area contributed by atoms with Gasteiger partial charge in [-0.1, -0.05) is 35.9 Å². The normalized spacial score (nSPS) is 10.1. The predicted molar refractivity (Wildman–Crippen MR) is 105 cm³/mol. The van der Waals surface area contributed by atoms with Crippen molar-refractivity contribution >= 4 is 28.9 Å². The maximum Gasteiger partial charge on any atom is 0.251 e. The van der Waals surface area contributed by atoms with E-state index in [1.54, 1.807) is 30.3 Å². The Morgan fingerprint density at radius 2 is 1.81 bits per heavy atom. The molecule has 0 unspecified atom stereocenters. The maximum atomic E-state index is 12.5. The molecule has 0 saturated heterocycles. The van der Waals surface area contributed by atoms with E-state index in [4.69, 9.17) is 16.9 Å². The molecule has 0 aliphatic rings. The van der Waals surface area contributed by atoms with Gasteiger partial charge in [0.05, 0.1) is 11.6 Å². The number of hydrogen-bond donors (Lipinski definition) is 3. The van der Waals surface area contributed by atoms with Gasteiger partial charge in [-0.15, -0.1) is 0 Å². The van der Waals surface area contributed by atoms with Gasteiger partial charge in [-0.2, -0.15) is 5.26 Å². The van der Waals surface area contributed by atoms with Gasteiger partial charge in [0.1, 0.15) is 5.75 Å². The van der Waals surface area contributed by atoms with Crippen molar-refractivity contribution in [3.05, 3.63) is 88.4 Å². The van der Waals surface area contributed by atoms with E-state index >= 15 is 0 Å². The standard InChI is InChI=1S/C21H16ClN3O2/c22-17-9-16(10-19(11-17)25-18-4-2-1-3-5-18)21(27)24-13-15-7-6-14(12-23)8-20(15)26/h1-11,25-26H,13H2,(H,24,27). The van der Waals surface area contributed by atoms with Crippen molar-refractivity contribution in [3.63, 3.8) is 0 Å². The van der Waals surface area contributed by atoms with Crippen LogP contribution in [0.25, 0.3) is 0 Å². The van der Waals surface area contributed by atoms with Gasteiger partial charge in [0.15, 0.2) is 0 Å². The summed E-state index contributed by atoms with van der Waals surface area (Å²) in [5.41, 5.74) is 2.85. The van der Waals surface area contributed by atoms with Crippen LogP contribution in [-0.2, 0) is 6.54 Å². The summed E-state index contributed by atoms with van der Waals surface area (Å²) in [6.45, 7) is 0.129. The number of hydrogen-bond acceptors (Lipinski definition) is 4. The van der Waals surface area contributed by atoms with Gasteiger partial charge in [-0.05, 0) is 42.5 Å². The van der Waals surface area contributed by atoms with E-state index in [1.165, 1.54) is 6.07 Å². The number of phenolic OH excluding ortho intramolecular Hbond substituents is 1. The maximum absolute atomic E-state index is 12.5. The summed E-state index contributed by atoms with van der Waals surface area (Å²) in [5.74, 6) is -0.357. The van der Waals surface area contributed by atoms with E-state index in [2.05, 4.69) is 10.6 Å². The Morgan fingerprint density at radius 3 is 2.52 bits per heavy atom. The number of nitrogens with one attached hydrogen (secondary N) is 2. The number of amides is 1. The fourth-order valence-corrected chi connectivity index (χ4v) is 2.78. The molecule has 0 aliphatic carbocycles. The van der Waals surface area contributed by atoms with Crippen LogP contribution in [0.2, 0.25) is 5.02 Å². The monoisotopic (exact) mass is 377 g/mol. The van der Waals surface area contributed by atoms with Gasteiger partial charge in [0.2, 0.25) is 0 Å². The number of phenols is 1. The van der Waals surface area contributed by atoms with Crippen molar-refractivity contribution in [2.75, 3.05) is 5.32 Å². The number of anilines is 2. The van der Waals surface area contributed by atoms with Crippen LogP contribution in [0.1, 0.15) is 21.5 Å². The zero-order valence-corrected chi connectivity index (χ0v) is 15.0. The summed E-state index contributed by atoms with van der Waals surface area (Å²) in [6.07, 6.45) is 0. The summed E-state index contributed by atoms with van der Waals surface area (Å²) in [6, 6.07) is 21.1. The van der Waals surface area contributed by atoms with Crippen LogP contribution in [0.15, 0.2) is 66.7 Å². The minimum Gasteiger partial charge on any atom is -0.508 e. The molecule has 3 rings (SSSR count). The van der Waals surface area contributed by atoms with Crippen LogP contribution in [0, 0.1) is 11.3 Å². The topological polar surface area (TPSA) is 85.2 Å². The van der Waals surface area contributed by atoms with Gasteiger partial charge in [-0.3, -0.25) is 4.79 Å². The van der Waals surface area contributed by atoms with Crippen molar-refractivity contribution < 1.29 is 9.90 Å². The smallest absolute Gasteiger partial charge is 0.251 e. The minimum atomic E-state index is -0.322. The fraction of sp³-hybridized carbons (Fsp3) is 0.0476. The summed E-state index contributed by atoms with van der Waals surface area (Å²) in [4.78, 5) is 12.5. The van der Waals surface area contributed by atoms with Crippen molar-refractivity contribution in [2.45, 2.75) is 6.54 Å². The molecular weight excluding hydrogens is 362 g/mol. The molecule has 0 spiro atoms. The van der Waals surface area contributed by atoms with Crippen LogP contribution in [0.3, 0.4) is 0 Å². The Bertz CT molecular complexity index is 1010. The number of para-hydroxylation sites is 1. The van der Waals surface area contributed by atoms with Crippen LogP contribution in [-0.4, -0.2) is 11.0 Å². The van der Waals surface area contributed by atoms with Gasteiger partial charge in [0.25, 0.3) is 5.91 Å². The van der Waals surface area contributed by atoms with Crippen LogP contribution in [0.4, 0.5) is 11.4 Å². The summed E-state index contributed by atoms with van der Waals surface area (Å²) in [5, 5.41) is 25.1. The molecule has 0 fully saturated rings. The third-order valence-electron chi connectivity index (χ3n) is 3.88. The molecule has 0 saturated carbocycles. The second-order valence-electron chi connectivity index (χ2n) is 5.86. The first-order chi connectivity index (χ1) is 13.0. The quantitative estimate of drug-likeness (QED) is 0.607. The lowest BCUT2D eigenvalue weighted by Crippen LogP contribution is -2.23. The van der Waals surface area contributed by atoms with Crippen molar-refractivity contribution in [1.29, 1.82) is 5.26 Å². The highest BCUT2D eigenvalue weighted by Crippen LogP contribution is 2.23. The largest absolute Gasteiger partial charge is 0.508 e. The molecule has 0 aliphatic heterocycles. The van der Waals surface area contributed by atoms with E-state index in [0.29, 0.717) is 27.4 Å². The number of halogens is 1. The fourth-order valence-electron chi connectivity index (χ4n) is 2.54. The Labute approximate surface area is 161 Å². The van der Waals surface area contributed by atoms with E-state index < -0.39 is 0 Å². The molecule has 134 valence electrons. The molecular formula is C21H16ClN3O2. The van der Waals surface area contributed by atoms with Gasteiger partial charge in [0, 0.05) is 34.1 Å². The Balaban J connectivity index is 1.72. The van der Waals surface area contributed by atoms with Gasteiger partial charge < -0.3 is 15.7 Å². The number of nitrogens with zero attached hydrogens (tertiary/aromatic N) is 1. The van der Waals surface area contributed by atoms with E-state index in [1.807, 2.05) is 36.4 Å². The molecule has 0 heterocycles. The molecule has 1 amide bonds. The first-order valence-electron chi connectivity index (χ1n) is 8.18. The molecule has 6 heteroatoms. The summed E-state index contributed by atoms with van der Waals surface area (Å²) in [7, 11) is 0. The Morgan fingerprint density at radius 1 is 1.04 bits per heavy atom. The number of rotatable bonds is 5. The molecule has 27 heavy (non-hydrogen) atoms. The first-order valence-corrected chi connectivity index (χ1v) is 8.56. The number of nitriles is 1. The summed E-state index contributed by atoms with van der Waals surface area (Å²) >= 11 is 6.15. The van der Waals surface area contributed by atoms with E-state index in [9.17, 15) is 9.90 Å². The molecule has 0 atom stereocenters. The third-order valence-corrected chi connectivity index (χ3v) is 4.09. The highest BCUT2D eigenvalue weighted by atomic mass is 35.5. The number of aromatic hydroxyl groups is 1. The lowest BCUT2D eigenvalue weighted by molar-refractivity contribution is 0.0951. The lowest BCUT2D eigenvalue weighted by atomic mass is 10.1. The molecule has 0 radical (unpaired) electrons. The Hall–Kier alpha value is -3.49. The van der Waals surface area contributed by atoms with Crippen molar-refractivity contribution in [3.8, 4) is 11.8 Å². The summed E-state index contributed by atoms with van der Waals surface area (Å²) < 4.78 is 0. The second-order valence-corrected chi connectivity index (χ2v) is 6.29. The number of carbonyl (C=O) groups excluding carboxylic acids is 1. The molecule has 0 bridgehead atoms. The molecule has 3 aromatic rings. The van der Waals surface area contributed by atoms with Crippen LogP contribution < -0.4 is 10.6 Å². The molecule has 3 N–H and O–H groups in total. The van der Waals surface area contributed by atoms with Crippen molar-refractivity contribution in [2.24, 2.45) is 0 Å². The zero-order valence-electron chi connectivity index (χ0n) is 14.2. The average molecular weight is 378 g/mol. The predicted octanol–water partition coefficient (Wildman–Crippen LogP) is 4.59. The highest BCUT2D eigenvalue weighted by Gasteiger charge is 2.10. The van der Waals surface area contributed by atoms with Crippen LogP contribution in [0.5, 0.6) is 5.75 Å². The SMILES string of the molecule is N#Cc1ccc(CNC(=O)c2cc(Cl)cc(Nc3ccccc3)c2)c(O)c1. The zero-order chi connectivity index (χ0) is 19.2. The molecule has 5 nitrogen and oxygen atoms in total. The van der Waals surface area contributed by atoms with Gasteiger partial charge >= 0.3 is 0 Å². The van der Waals surface area contributed by atoms with E-state index in [0.717, 1.165) is 5.69 Å². The lowest BCUT2D eigenvalue weighted by Gasteiger charge is -2.11. The molecule has 0 aromatic heterocycles. The minimum absolute atomic E-state index is 0.0353. The van der Waals surface area contributed by atoms with Gasteiger partial charge in [-0.25, -0.2) is 0 Å². The number of carbonyl (C=O) groups is 1.